The number of ether oxygens (including phenoxy) is 1. The Morgan fingerprint density at radius 3 is 2.76 bits per heavy atom. The minimum absolute atomic E-state index is 0.319. The van der Waals surface area contributed by atoms with Gasteiger partial charge in [0.2, 0.25) is 0 Å². The molecule has 0 saturated heterocycles. The SMILES string of the molecule is CC(C)(C)OC(=O)NC[C@H]1CC[C@H](c2cn3ccc(Br)cc3n2)CC1. The zero-order valence-corrected chi connectivity index (χ0v) is 16.7. The molecule has 2 aromatic heterocycles. The van der Waals surface area contributed by atoms with Crippen molar-refractivity contribution in [3.05, 3.63) is 34.7 Å². The van der Waals surface area contributed by atoms with Crippen LogP contribution in [0.15, 0.2) is 29.0 Å². The molecule has 0 aromatic carbocycles. The average Bonchev–Trinajstić information content (AvgIpc) is 2.95. The van der Waals surface area contributed by atoms with E-state index in [9.17, 15) is 4.79 Å². The van der Waals surface area contributed by atoms with Gasteiger partial charge in [0.15, 0.2) is 0 Å². The highest BCUT2D eigenvalue weighted by atomic mass is 79.9. The molecule has 2 heterocycles. The van der Waals surface area contributed by atoms with Crippen molar-refractivity contribution in [2.75, 3.05) is 6.54 Å². The van der Waals surface area contributed by atoms with Gasteiger partial charge in [0.1, 0.15) is 11.2 Å². The maximum atomic E-state index is 11.8. The van der Waals surface area contributed by atoms with Crippen LogP contribution in [0.5, 0.6) is 0 Å². The van der Waals surface area contributed by atoms with Gasteiger partial charge in [-0.05, 0) is 64.5 Å². The number of carbonyl (C=O) groups excluding carboxylic acids is 1. The molecule has 3 rings (SSSR count). The second-order valence-electron chi connectivity index (χ2n) is 7.88. The van der Waals surface area contributed by atoms with Gasteiger partial charge >= 0.3 is 6.09 Å². The quantitative estimate of drug-likeness (QED) is 0.787. The van der Waals surface area contributed by atoms with Gasteiger partial charge in [-0.2, -0.15) is 0 Å². The highest BCUT2D eigenvalue weighted by Gasteiger charge is 2.25. The van der Waals surface area contributed by atoms with Gasteiger partial charge in [0.25, 0.3) is 0 Å². The first kappa shape index (κ1) is 18.2. The number of rotatable bonds is 3. The largest absolute Gasteiger partial charge is 0.444 e. The van der Waals surface area contributed by atoms with Crippen molar-refractivity contribution in [1.82, 2.24) is 14.7 Å². The highest BCUT2D eigenvalue weighted by molar-refractivity contribution is 9.10. The number of halogens is 1. The molecule has 6 heteroatoms. The lowest BCUT2D eigenvalue weighted by Gasteiger charge is -2.28. The molecule has 0 spiro atoms. The smallest absolute Gasteiger partial charge is 0.407 e. The second kappa shape index (κ2) is 7.36. The molecule has 136 valence electrons. The molecule has 25 heavy (non-hydrogen) atoms. The van der Waals surface area contributed by atoms with E-state index in [4.69, 9.17) is 9.72 Å². The number of imidazole rings is 1. The zero-order valence-electron chi connectivity index (χ0n) is 15.1. The Kier molecular flexibility index (Phi) is 5.37. The molecule has 0 unspecified atom stereocenters. The fourth-order valence-electron chi connectivity index (χ4n) is 3.38. The van der Waals surface area contributed by atoms with Gasteiger partial charge in [0.05, 0.1) is 5.69 Å². The molecule has 1 amide bonds. The summed E-state index contributed by atoms with van der Waals surface area (Å²) in [4.78, 5) is 16.5. The third-order valence-electron chi connectivity index (χ3n) is 4.64. The first-order valence-corrected chi connectivity index (χ1v) is 9.70. The molecule has 1 saturated carbocycles. The van der Waals surface area contributed by atoms with E-state index in [0.29, 0.717) is 18.4 Å². The van der Waals surface area contributed by atoms with Crippen LogP contribution in [0.2, 0.25) is 0 Å². The molecule has 0 bridgehead atoms. The normalized spacial score (nSPS) is 21.3. The Hall–Kier alpha value is -1.56. The number of nitrogens with zero attached hydrogens (tertiary/aromatic N) is 2. The van der Waals surface area contributed by atoms with Crippen molar-refractivity contribution < 1.29 is 9.53 Å². The Morgan fingerprint density at radius 2 is 2.08 bits per heavy atom. The predicted octanol–water partition coefficient (Wildman–Crippen LogP) is 4.90. The Labute approximate surface area is 157 Å². The molecular weight excluding hydrogens is 382 g/mol. The van der Waals surface area contributed by atoms with Gasteiger partial charge in [-0.15, -0.1) is 0 Å². The van der Waals surface area contributed by atoms with Gasteiger partial charge in [-0.1, -0.05) is 15.9 Å². The number of nitrogens with one attached hydrogen (secondary N) is 1. The summed E-state index contributed by atoms with van der Waals surface area (Å²) in [6, 6.07) is 4.07. The maximum Gasteiger partial charge on any atom is 0.407 e. The average molecular weight is 408 g/mol. The van der Waals surface area contributed by atoms with E-state index in [2.05, 4.69) is 31.8 Å². The van der Waals surface area contributed by atoms with E-state index in [1.54, 1.807) is 0 Å². The fraction of sp³-hybridized carbons (Fsp3) is 0.579. The van der Waals surface area contributed by atoms with Gasteiger partial charge in [-0.25, -0.2) is 9.78 Å². The second-order valence-corrected chi connectivity index (χ2v) is 8.79. The van der Waals surface area contributed by atoms with E-state index >= 15 is 0 Å². The van der Waals surface area contributed by atoms with Crippen LogP contribution in [0, 0.1) is 5.92 Å². The lowest BCUT2D eigenvalue weighted by atomic mass is 9.80. The Balaban J connectivity index is 1.50. The van der Waals surface area contributed by atoms with Crippen LogP contribution in [-0.4, -0.2) is 27.6 Å². The maximum absolute atomic E-state index is 11.8. The van der Waals surface area contributed by atoms with Gasteiger partial charge < -0.3 is 14.5 Å². The molecule has 5 nitrogen and oxygen atoms in total. The first-order chi connectivity index (χ1) is 11.8. The first-order valence-electron chi connectivity index (χ1n) is 8.91. The van der Waals surface area contributed by atoms with Gasteiger partial charge in [0, 0.05) is 29.3 Å². The third kappa shape index (κ3) is 4.97. The summed E-state index contributed by atoms with van der Waals surface area (Å²) in [6.07, 6.45) is 8.31. The summed E-state index contributed by atoms with van der Waals surface area (Å²) >= 11 is 3.49. The molecule has 0 atom stereocenters. The molecule has 1 aliphatic rings. The van der Waals surface area contributed by atoms with Crippen molar-refractivity contribution >= 4 is 27.7 Å². The molecule has 0 aliphatic heterocycles. The lowest BCUT2D eigenvalue weighted by molar-refractivity contribution is 0.0514. The fourth-order valence-corrected chi connectivity index (χ4v) is 3.70. The minimum Gasteiger partial charge on any atom is -0.444 e. The van der Waals surface area contributed by atoms with Crippen LogP contribution in [-0.2, 0) is 4.74 Å². The minimum atomic E-state index is -0.445. The van der Waals surface area contributed by atoms with Crippen LogP contribution in [0.4, 0.5) is 4.79 Å². The Bertz CT molecular complexity index is 743. The van der Waals surface area contributed by atoms with Crippen molar-refractivity contribution in [2.45, 2.75) is 58.0 Å². The number of carbonyl (C=O) groups is 1. The van der Waals surface area contributed by atoms with Crippen LogP contribution >= 0.6 is 15.9 Å². The molecular formula is C19H26BrN3O2. The summed E-state index contributed by atoms with van der Waals surface area (Å²) in [7, 11) is 0. The van der Waals surface area contributed by atoms with E-state index < -0.39 is 5.60 Å². The number of hydrogen-bond donors (Lipinski definition) is 1. The third-order valence-corrected chi connectivity index (χ3v) is 5.13. The Morgan fingerprint density at radius 1 is 1.36 bits per heavy atom. The predicted molar refractivity (Wildman–Crippen MR) is 102 cm³/mol. The van der Waals surface area contributed by atoms with Crippen molar-refractivity contribution in [3.8, 4) is 0 Å². The molecule has 2 aromatic rings. The van der Waals surface area contributed by atoms with Crippen molar-refractivity contribution in [3.63, 3.8) is 0 Å². The number of hydrogen-bond acceptors (Lipinski definition) is 3. The highest BCUT2D eigenvalue weighted by Crippen LogP contribution is 2.35. The number of alkyl carbamates (subject to hydrolysis) is 1. The van der Waals surface area contributed by atoms with E-state index in [0.717, 1.165) is 35.8 Å². The summed E-state index contributed by atoms with van der Waals surface area (Å²) in [5.41, 5.74) is 1.72. The number of amides is 1. The van der Waals surface area contributed by atoms with Crippen LogP contribution in [0.25, 0.3) is 5.65 Å². The standard InChI is InChI=1S/C19H26BrN3O2/c1-19(2,3)25-18(24)21-11-13-4-6-14(7-5-13)16-12-23-9-8-15(20)10-17(23)22-16/h8-10,12-14H,4-7,11H2,1-3H3,(H,21,24)/t13-,14-. The number of pyridine rings is 1. The van der Waals surface area contributed by atoms with E-state index in [1.807, 2.05) is 39.1 Å². The molecule has 1 fully saturated rings. The van der Waals surface area contributed by atoms with E-state index in [1.165, 1.54) is 5.69 Å². The lowest BCUT2D eigenvalue weighted by Crippen LogP contribution is -2.36. The number of aromatic nitrogens is 2. The molecule has 1 N–H and O–H groups in total. The molecule has 1 aliphatic carbocycles. The monoisotopic (exact) mass is 407 g/mol. The van der Waals surface area contributed by atoms with Crippen molar-refractivity contribution in [1.29, 1.82) is 0 Å². The summed E-state index contributed by atoms with van der Waals surface area (Å²) in [5, 5.41) is 2.91. The van der Waals surface area contributed by atoms with Crippen LogP contribution in [0.3, 0.4) is 0 Å². The van der Waals surface area contributed by atoms with Crippen LogP contribution in [0.1, 0.15) is 58.1 Å². The number of fused-ring (bicyclic) bond motifs is 1. The van der Waals surface area contributed by atoms with Gasteiger partial charge in [-0.3, -0.25) is 0 Å². The summed E-state index contributed by atoms with van der Waals surface area (Å²) in [6.45, 7) is 6.33. The van der Waals surface area contributed by atoms with Crippen molar-refractivity contribution in [2.24, 2.45) is 5.92 Å². The van der Waals surface area contributed by atoms with Crippen LogP contribution < -0.4 is 5.32 Å². The van der Waals surface area contributed by atoms with E-state index in [-0.39, 0.29) is 6.09 Å². The molecule has 0 radical (unpaired) electrons. The summed E-state index contributed by atoms with van der Waals surface area (Å²) < 4.78 is 8.43. The topological polar surface area (TPSA) is 55.6 Å². The summed E-state index contributed by atoms with van der Waals surface area (Å²) in [5.74, 6) is 1.03. The zero-order chi connectivity index (χ0) is 18.0.